The lowest BCUT2D eigenvalue weighted by molar-refractivity contribution is -0.118. The van der Waals surface area contributed by atoms with Gasteiger partial charge in [-0.3, -0.25) is 10.1 Å². The van der Waals surface area contributed by atoms with Crippen LogP contribution < -0.4 is 15.4 Å². The van der Waals surface area contributed by atoms with Crippen LogP contribution >= 0.6 is 0 Å². The number of nitrogens with zero attached hydrogens (tertiary/aromatic N) is 1. The molecule has 0 unspecified atom stereocenters. The maximum atomic E-state index is 12.4. The van der Waals surface area contributed by atoms with Gasteiger partial charge in [-0.05, 0) is 55.2 Å². The normalized spacial score (nSPS) is 13.5. The molecule has 0 fully saturated rings. The maximum absolute atomic E-state index is 12.4. The molecule has 0 spiro atoms. The van der Waals surface area contributed by atoms with Gasteiger partial charge in [0.15, 0.2) is 0 Å². The van der Waals surface area contributed by atoms with Crippen LogP contribution in [0.3, 0.4) is 0 Å². The van der Waals surface area contributed by atoms with Gasteiger partial charge in [-0.15, -0.1) is 0 Å². The van der Waals surface area contributed by atoms with Crippen LogP contribution in [0, 0.1) is 6.92 Å². The molecule has 0 bridgehead atoms. The minimum absolute atomic E-state index is 0.000826. The summed E-state index contributed by atoms with van der Waals surface area (Å²) in [4.78, 5) is 37.0. The first kappa shape index (κ1) is 22.3. The molecule has 0 aliphatic carbocycles. The zero-order chi connectivity index (χ0) is 22.6. The Morgan fingerprint density at radius 1 is 0.935 bits per heavy atom. The van der Waals surface area contributed by atoms with Crippen molar-refractivity contribution < 1.29 is 22.8 Å². The lowest BCUT2D eigenvalue weighted by Gasteiger charge is -2.19. The van der Waals surface area contributed by atoms with Crippen LogP contribution in [0.5, 0.6) is 0 Å². The molecule has 5 amide bonds. The zero-order valence-corrected chi connectivity index (χ0v) is 18.1. The largest absolute Gasteiger partial charge is 0.333 e. The third kappa shape index (κ3) is 5.82. The van der Waals surface area contributed by atoms with E-state index in [1.54, 1.807) is 29.2 Å². The highest BCUT2D eigenvalue weighted by atomic mass is 32.2. The van der Waals surface area contributed by atoms with Gasteiger partial charge in [-0.1, -0.05) is 23.8 Å². The van der Waals surface area contributed by atoms with Crippen molar-refractivity contribution in [1.29, 1.82) is 0 Å². The SMILES string of the molecule is CC(=O)NC(=O)N1CCc2ccc(NC(=O)NS(=O)(=O)c3ccc(C)cc3)cc2CC1. The Bertz CT molecular complexity index is 1110. The fourth-order valence-electron chi connectivity index (χ4n) is 3.29. The van der Waals surface area contributed by atoms with Gasteiger partial charge in [0.25, 0.3) is 10.0 Å². The van der Waals surface area contributed by atoms with E-state index in [2.05, 4.69) is 10.6 Å². The molecule has 9 nitrogen and oxygen atoms in total. The molecule has 0 atom stereocenters. The number of nitrogens with one attached hydrogen (secondary N) is 3. The van der Waals surface area contributed by atoms with Gasteiger partial charge in [0, 0.05) is 25.7 Å². The molecule has 3 N–H and O–H groups in total. The second-order valence-electron chi connectivity index (χ2n) is 7.33. The predicted molar refractivity (Wildman–Crippen MR) is 115 cm³/mol. The summed E-state index contributed by atoms with van der Waals surface area (Å²) in [6.45, 7) is 4.01. The van der Waals surface area contributed by atoms with Crippen molar-refractivity contribution in [3.8, 4) is 0 Å². The van der Waals surface area contributed by atoms with Crippen molar-refractivity contribution in [2.45, 2.75) is 31.6 Å². The molecule has 1 heterocycles. The smallest absolute Gasteiger partial charge is 0.324 e. The second-order valence-corrected chi connectivity index (χ2v) is 9.01. The monoisotopic (exact) mass is 444 g/mol. The average Bonchev–Trinajstić information content (AvgIpc) is 2.89. The molecule has 31 heavy (non-hydrogen) atoms. The molecule has 1 aliphatic rings. The van der Waals surface area contributed by atoms with Crippen LogP contribution in [0.4, 0.5) is 15.3 Å². The zero-order valence-electron chi connectivity index (χ0n) is 17.3. The lowest BCUT2D eigenvalue weighted by Crippen LogP contribution is -2.43. The van der Waals surface area contributed by atoms with E-state index in [1.807, 2.05) is 17.7 Å². The number of urea groups is 2. The van der Waals surface area contributed by atoms with Gasteiger partial charge < -0.3 is 10.2 Å². The van der Waals surface area contributed by atoms with Crippen LogP contribution in [0.2, 0.25) is 0 Å². The number of aryl methyl sites for hydroxylation is 1. The number of anilines is 1. The van der Waals surface area contributed by atoms with Crippen molar-refractivity contribution in [2.75, 3.05) is 18.4 Å². The van der Waals surface area contributed by atoms with Gasteiger partial charge in [0.05, 0.1) is 4.90 Å². The Balaban J connectivity index is 1.65. The summed E-state index contributed by atoms with van der Waals surface area (Å²) in [6, 6.07) is 10.2. The van der Waals surface area contributed by atoms with Crippen molar-refractivity contribution in [3.63, 3.8) is 0 Å². The fraction of sp³-hybridized carbons (Fsp3) is 0.286. The Labute approximate surface area is 180 Å². The van der Waals surface area contributed by atoms with Crippen LogP contribution in [-0.2, 0) is 27.7 Å². The van der Waals surface area contributed by atoms with Gasteiger partial charge in [0.2, 0.25) is 5.91 Å². The molecule has 10 heteroatoms. The maximum Gasteiger partial charge on any atom is 0.333 e. The highest BCUT2D eigenvalue weighted by Gasteiger charge is 2.21. The van der Waals surface area contributed by atoms with E-state index >= 15 is 0 Å². The molecule has 1 aliphatic heterocycles. The number of amides is 5. The third-order valence-corrected chi connectivity index (χ3v) is 6.24. The summed E-state index contributed by atoms with van der Waals surface area (Å²) in [6.07, 6.45) is 1.15. The first-order chi connectivity index (χ1) is 14.6. The number of carbonyl (C=O) groups excluding carboxylic acids is 3. The summed E-state index contributed by atoms with van der Waals surface area (Å²) >= 11 is 0. The number of carbonyl (C=O) groups is 3. The van der Waals surface area contributed by atoms with Crippen LogP contribution in [-0.4, -0.2) is 44.4 Å². The van der Waals surface area contributed by atoms with Gasteiger partial charge in [0.1, 0.15) is 0 Å². The van der Waals surface area contributed by atoms with Gasteiger partial charge in [-0.25, -0.2) is 22.7 Å². The molecule has 2 aromatic rings. The van der Waals surface area contributed by atoms with E-state index in [0.29, 0.717) is 31.6 Å². The number of hydrogen-bond donors (Lipinski definition) is 3. The van der Waals surface area contributed by atoms with Crippen LogP contribution in [0.15, 0.2) is 47.4 Å². The third-order valence-electron chi connectivity index (χ3n) is 4.89. The summed E-state index contributed by atoms with van der Waals surface area (Å²) in [5.41, 5.74) is 3.32. The highest BCUT2D eigenvalue weighted by molar-refractivity contribution is 7.90. The van der Waals surface area contributed by atoms with E-state index in [4.69, 9.17) is 0 Å². The highest BCUT2D eigenvalue weighted by Crippen LogP contribution is 2.21. The predicted octanol–water partition coefficient (Wildman–Crippen LogP) is 2.16. The number of rotatable bonds is 3. The summed E-state index contributed by atoms with van der Waals surface area (Å²) in [7, 11) is -3.99. The molecule has 2 aromatic carbocycles. The average molecular weight is 445 g/mol. The molecule has 0 aromatic heterocycles. The standard InChI is InChI=1S/C21H24N4O5S/c1-14-3-7-19(8-4-14)31(29,30)24-20(27)23-18-6-5-16-9-11-25(12-10-17(16)13-18)21(28)22-15(2)26/h3-8,13H,9-12H2,1-2H3,(H,22,26,28)(H2,23,24,27). The number of hydrogen-bond acceptors (Lipinski definition) is 5. The number of sulfonamides is 1. The van der Waals surface area contributed by atoms with Gasteiger partial charge in [-0.2, -0.15) is 0 Å². The number of benzene rings is 2. The minimum atomic E-state index is -3.99. The lowest BCUT2D eigenvalue weighted by atomic mass is 10.0. The van der Waals surface area contributed by atoms with Gasteiger partial charge >= 0.3 is 12.1 Å². The number of imide groups is 1. The van der Waals surface area contributed by atoms with Crippen molar-refractivity contribution in [2.24, 2.45) is 0 Å². The Morgan fingerprint density at radius 2 is 1.58 bits per heavy atom. The van der Waals surface area contributed by atoms with Crippen LogP contribution in [0.25, 0.3) is 0 Å². The second kappa shape index (κ2) is 9.17. The summed E-state index contributed by atoms with van der Waals surface area (Å²) in [5.74, 6) is -0.412. The topological polar surface area (TPSA) is 125 Å². The quantitative estimate of drug-likeness (QED) is 0.669. The van der Waals surface area contributed by atoms with Crippen molar-refractivity contribution in [1.82, 2.24) is 14.9 Å². The Hall–Kier alpha value is -3.40. The van der Waals surface area contributed by atoms with E-state index in [-0.39, 0.29) is 4.90 Å². The number of fused-ring (bicyclic) bond motifs is 1. The fourth-order valence-corrected chi connectivity index (χ4v) is 4.20. The van der Waals surface area contributed by atoms with Crippen molar-refractivity contribution in [3.05, 3.63) is 59.2 Å². The minimum Gasteiger partial charge on any atom is -0.324 e. The molecule has 164 valence electrons. The molecular weight excluding hydrogens is 420 g/mol. The summed E-state index contributed by atoms with van der Waals surface area (Å²) < 4.78 is 26.7. The summed E-state index contributed by atoms with van der Waals surface area (Å²) in [5, 5.41) is 4.81. The van der Waals surface area contributed by atoms with E-state index in [9.17, 15) is 22.8 Å². The molecule has 3 rings (SSSR count). The molecular formula is C21H24N4O5S. The van der Waals surface area contributed by atoms with Crippen molar-refractivity contribution >= 4 is 33.7 Å². The van der Waals surface area contributed by atoms with E-state index in [0.717, 1.165) is 16.7 Å². The van der Waals surface area contributed by atoms with E-state index in [1.165, 1.54) is 19.1 Å². The molecule has 0 saturated heterocycles. The van der Waals surface area contributed by atoms with E-state index < -0.39 is 28.0 Å². The first-order valence-corrected chi connectivity index (χ1v) is 11.2. The first-order valence-electron chi connectivity index (χ1n) is 9.73. The van der Waals surface area contributed by atoms with Crippen LogP contribution in [0.1, 0.15) is 23.6 Å². The molecule has 0 saturated carbocycles. The molecule has 0 radical (unpaired) electrons. The Morgan fingerprint density at radius 3 is 2.23 bits per heavy atom. The Kier molecular flexibility index (Phi) is 6.59.